The van der Waals surface area contributed by atoms with E-state index in [0.29, 0.717) is 31.0 Å². The van der Waals surface area contributed by atoms with Gasteiger partial charge in [0.1, 0.15) is 12.4 Å². The molecular formula is C34H45NO3. The first-order chi connectivity index (χ1) is 18.0. The number of hydrogen-bond donors (Lipinski definition) is 0. The molecular weight excluding hydrogens is 470 g/mol. The zero-order chi connectivity index (χ0) is 27.3. The Balaban J connectivity index is 1.44. The second-order valence-corrected chi connectivity index (χ2v) is 13.9. The number of ketones is 1. The molecule has 4 aliphatic rings. The molecule has 0 amide bonds. The maximum absolute atomic E-state index is 13.6. The molecule has 0 radical (unpaired) electrons. The molecule has 4 nitrogen and oxygen atoms in total. The SMILES string of the molecule is CC1(C)C(=O)CC[C@]2(C)C3=C(CC[C@@H]12)[C@@]1(C)CC[C@@H]([C@H](CCC#N)C(=O)OCc2ccccc2)[C@]1(C)CC3. The highest BCUT2D eigenvalue weighted by Crippen LogP contribution is 2.72. The summed E-state index contributed by atoms with van der Waals surface area (Å²) in [6.07, 6.45) is 9.01. The number of ether oxygens (including phenoxy) is 1. The summed E-state index contributed by atoms with van der Waals surface area (Å²) in [5, 5.41) is 9.42. The third-order valence-corrected chi connectivity index (χ3v) is 12.1. The van der Waals surface area contributed by atoms with Crippen LogP contribution in [0.4, 0.5) is 0 Å². The smallest absolute Gasteiger partial charge is 0.309 e. The Bertz CT molecular complexity index is 1180. The molecule has 0 spiro atoms. The van der Waals surface area contributed by atoms with Crippen LogP contribution >= 0.6 is 0 Å². The number of Topliss-reactive ketones (excluding diaryl/α,β-unsaturated/α-hetero) is 1. The van der Waals surface area contributed by atoms with Crippen molar-refractivity contribution in [3.05, 3.63) is 47.0 Å². The van der Waals surface area contributed by atoms with E-state index in [1.165, 1.54) is 0 Å². The monoisotopic (exact) mass is 515 g/mol. The number of nitrogens with zero attached hydrogens (tertiary/aromatic N) is 1. The average molecular weight is 516 g/mol. The molecule has 0 aliphatic heterocycles. The van der Waals surface area contributed by atoms with Crippen molar-refractivity contribution >= 4 is 11.8 Å². The second-order valence-electron chi connectivity index (χ2n) is 13.9. The van der Waals surface area contributed by atoms with Crippen LogP contribution < -0.4 is 0 Å². The first-order valence-electron chi connectivity index (χ1n) is 14.8. The number of carbonyl (C=O) groups is 2. The highest BCUT2D eigenvalue weighted by molar-refractivity contribution is 5.85. The Hall–Kier alpha value is -2.41. The van der Waals surface area contributed by atoms with Gasteiger partial charge in [-0.15, -0.1) is 0 Å². The number of allylic oxidation sites excluding steroid dienone is 2. The van der Waals surface area contributed by atoms with E-state index in [-0.39, 0.29) is 46.1 Å². The van der Waals surface area contributed by atoms with E-state index in [1.807, 2.05) is 30.3 Å². The van der Waals surface area contributed by atoms with Crippen molar-refractivity contribution in [3.8, 4) is 6.07 Å². The summed E-state index contributed by atoms with van der Waals surface area (Å²) >= 11 is 0. The Kier molecular flexibility index (Phi) is 6.90. The van der Waals surface area contributed by atoms with Gasteiger partial charge in [0.15, 0.2) is 0 Å². The standard InChI is InChI=1S/C34H45NO3/c1-31(2)28-14-13-27-26(32(28,3)18-17-29(31)36)16-20-33(4)25(15-19-34(27,33)5)24(12-9-21-35)30(37)38-22-23-10-7-6-8-11-23/h6-8,10-11,24-25,28H,9,12-20,22H2,1-5H3/t24-,25-,28-,32+,33-,34+/m0/s1. The molecule has 6 atom stereocenters. The molecule has 1 aromatic carbocycles. The lowest BCUT2D eigenvalue weighted by Crippen LogP contribution is -2.54. The number of carbonyl (C=O) groups excluding carboxylic acids is 2. The minimum atomic E-state index is -0.254. The Labute approximate surface area is 229 Å². The van der Waals surface area contributed by atoms with Gasteiger partial charge >= 0.3 is 5.97 Å². The van der Waals surface area contributed by atoms with Gasteiger partial charge in [-0.2, -0.15) is 5.26 Å². The fourth-order valence-electron chi connectivity index (χ4n) is 9.71. The summed E-state index contributed by atoms with van der Waals surface area (Å²) in [7, 11) is 0. The van der Waals surface area contributed by atoms with Crippen molar-refractivity contribution in [2.24, 2.45) is 39.4 Å². The van der Waals surface area contributed by atoms with Gasteiger partial charge in [0.25, 0.3) is 0 Å². The first kappa shape index (κ1) is 27.2. The van der Waals surface area contributed by atoms with E-state index >= 15 is 0 Å². The molecule has 1 aromatic rings. The van der Waals surface area contributed by atoms with E-state index in [1.54, 1.807) is 11.1 Å². The number of hydrogen-bond acceptors (Lipinski definition) is 4. The van der Waals surface area contributed by atoms with Crippen molar-refractivity contribution in [1.29, 1.82) is 5.26 Å². The second kappa shape index (κ2) is 9.65. The summed E-state index contributed by atoms with van der Waals surface area (Å²) in [5.74, 6) is 0.684. The fraction of sp³-hybridized carbons (Fsp3) is 0.676. The minimum absolute atomic E-state index is 0.000916. The number of rotatable bonds is 6. The molecule has 204 valence electrons. The molecule has 2 saturated carbocycles. The molecule has 0 saturated heterocycles. The lowest BCUT2D eigenvalue weighted by atomic mass is 9.43. The fourth-order valence-corrected chi connectivity index (χ4v) is 9.71. The van der Waals surface area contributed by atoms with Crippen molar-refractivity contribution in [2.75, 3.05) is 0 Å². The van der Waals surface area contributed by atoms with Crippen molar-refractivity contribution < 1.29 is 14.3 Å². The molecule has 38 heavy (non-hydrogen) atoms. The highest BCUT2D eigenvalue weighted by atomic mass is 16.5. The van der Waals surface area contributed by atoms with Gasteiger partial charge in [-0.3, -0.25) is 9.59 Å². The molecule has 0 aromatic heterocycles. The summed E-state index contributed by atoms with van der Waals surface area (Å²) in [6, 6.07) is 12.2. The van der Waals surface area contributed by atoms with Crippen molar-refractivity contribution in [1.82, 2.24) is 0 Å². The third kappa shape index (κ3) is 3.99. The van der Waals surface area contributed by atoms with E-state index in [2.05, 4.69) is 40.7 Å². The third-order valence-electron chi connectivity index (χ3n) is 12.1. The Morgan fingerprint density at radius 3 is 2.45 bits per heavy atom. The topological polar surface area (TPSA) is 67.2 Å². The van der Waals surface area contributed by atoms with Gasteiger partial charge < -0.3 is 4.74 Å². The van der Waals surface area contributed by atoms with Crippen LogP contribution in [0.3, 0.4) is 0 Å². The van der Waals surface area contributed by atoms with E-state index in [0.717, 1.165) is 50.5 Å². The van der Waals surface area contributed by atoms with Crippen LogP contribution in [0.1, 0.15) is 104 Å². The van der Waals surface area contributed by atoms with E-state index in [4.69, 9.17) is 4.74 Å². The molecule has 5 rings (SSSR count). The highest BCUT2D eigenvalue weighted by Gasteiger charge is 2.64. The minimum Gasteiger partial charge on any atom is -0.461 e. The average Bonchev–Trinajstić information content (AvgIpc) is 3.17. The molecule has 0 N–H and O–H groups in total. The van der Waals surface area contributed by atoms with Gasteiger partial charge in [-0.25, -0.2) is 0 Å². The molecule has 0 bridgehead atoms. The van der Waals surface area contributed by atoms with Crippen molar-refractivity contribution in [3.63, 3.8) is 0 Å². The lowest BCUT2D eigenvalue weighted by molar-refractivity contribution is -0.155. The van der Waals surface area contributed by atoms with Crippen LogP contribution in [0.2, 0.25) is 0 Å². The van der Waals surface area contributed by atoms with Gasteiger partial charge in [0.05, 0.1) is 12.0 Å². The maximum atomic E-state index is 13.6. The van der Waals surface area contributed by atoms with Crippen LogP contribution in [0.15, 0.2) is 41.5 Å². The molecule has 4 aliphatic carbocycles. The van der Waals surface area contributed by atoms with Gasteiger partial charge in [0, 0.05) is 18.3 Å². The van der Waals surface area contributed by atoms with Crippen LogP contribution in [0.5, 0.6) is 0 Å². The predicted octanol–water partition coefficient (Wildman–Crippen LogP) is 7.97. The molecule has 0 unspecified atom stereocenters. The summed E-state index contributed by atoms with van der Waals surface area (Å²) in [5.41, 5.74) is 4.19. The Morgan fingerprint density at radius 2 is 1.74 bits per heavy atom. The van der Waals surface area contributed by atoms with Gasteiger partial charge in [-0.1, -0.05) is 76.1 Å². The normalized spacial score (nSPS) is 36.5. The van der Waals surface area contributed by atoms with Gasteiger partial charge in [-0.05, 0) is 85.0 Å². The lowest BCUT2D eigenvalue weighted by Gasteiger charge is -2.60. The van der Waals surface area contributed by atoms with Crippen LogP contribution in [0, 0.1) is 50.7 Å². The Morgan fingerprint density at radius 1 is 1.00 bits per heavy atom. The summed E-state index contributed by atoms with van der Waals surface area (Å²) < 4.78 is 5.89. The molecule has 0 heterocycles. The molecule has 4 heteroatoms. The maximum Gasteiger partial charge on any atom is 0.309 e. The van der Waals surface area contributed by atoms with Crippen LogP contribution in [0.25, 0.3) is 0 Å². The van der Waals surface area contributed by atoms with Crippen LogP contribution in [-0.4, -0.2) is 11.8 Å². The quantitative estimate of drug-likeness (QED) is 0.285. The largest absolute Gasteiger partial charge is 0.461 e. The number of benzene rings is 1. The first-order valence-corrected chi connectivity index (χ1v) is 14.8. The number of nitriles is 1. The van der Waals surface area contributed by atoms with Crippen LogP contribution in [-0.2, 0) is 20.9 Å². The number of esters is 1. The summed E-state index contributed by atoms with van der Waals surface area (Å²) in [4.78, 5) is 26.5. The van der Waals surface area contributed by atoms with E-state index in [9.17, 15) is 14.9 Å². The summed E-state index contributed by atoms with van der Waals surface area (Å²) in [6.45, 7) is 12.0. The van der Waals surface area contributed by atoms with Crippen molar-refractivity contribution in [2.45, 2.75) is 105 Å². The van der Waals surface area contributed by atoms with Gasteiger partial charge in [0.2, 0.25) is 0 Å². The zero-order valence-corrected chi connectivity index (χ0v) is 24.1. The molecule has 2 fully saturated rings. The predicted molar refractivity (Wildman–Crippen MR) is 149 cm³/mol. The number of fused-ring (bicyclic) bond motifs is 4. The van der Waals surface area contributed by atoms with E-state index < -0.39 is 0 Å². The zero-order valence-electron chi connectivity index (χ0n) is 24.1.